The van der Waals surface area contributed by atoms with Crippen molar-refractivity contribution in [2.45, 2.75) is 72.9 Å². The molecule has 4 nitrogen and oxygen atoms in total. The highest BCUT2D eigenvalue weighted by molar-refractivity contribution is 6.48. The monoisotopic (exact) mass is 430 g/mol. The first kappa shape index (κ1) is 24.9. The maximum absolute atomic E-state index is 13.0. The van der Waals surface area contributed by atoms with Crippen LogP contribution in [0.5, 0.6) is 0 Å². The number of hydrogen-bond acceptors (Lipinski definition) is 3. The van der Waals surface area contributed by atoms with Crippen molar-refractivity contribution in [3.8, 4) is 0 Å². The summed E-state index contributed by atoms with van der Waals surface area (Å²) >= 11 is 6.49. The number of carbonyl (C=O) groups excluding carboxylic acids is 1. The number of amides is 1. The predicted octanol–water partition coefficient (Wildman–Crippen LogP) is 6.40. The zero-order valence-corrected chi connectivity index (χ0v) is 20.1. The molecule has 0 aliphatic heterocycles. The van der Waals surface area contributed by atoms with Gasteiger partial charge in [0.25, 0.3) is 0 Å². The molecule has 7 heteroatoms. The van der Waals surface area contributed by atoms with Crippen molar-refractivity contribution >= 4 is 26.7 Å². The summed E-state index contributed by atoms with van der Waals surface area (Å²) < 4.78 is 24.7. The number of rotatable bonds is 7. The molecule has 1 amide bonds. The average molecular weight is 431 g/mol. The highest BCUT2D eigenvalue weighted by Gasteiger charge is 2.30. The third-order valence-corrected chi connectivity index (χ3v) is 4.91. The quantitative estimate of drug-likeness (QED) is 0.469. The molecule has 0 bridgehead atoms. The highest BCUT2D eigenvalue weighted by atomic mass is 35.5. The van der Waals surface area contributed by atoms with Crippen molar-refractivity contribution in [3.05, 3.63) is 34.3 Å². The lowest BCUT2D eigenvalue weighted by atomic mass is 9.84. The van der Waals surface area contributed by atoms with Crippen LogP contribution >= 0.6 is 11.6 Å². The third kappa shape index (κ3) is 8.09. The first-order valence-electron chi connectivity index (χ1n) is 9.53. The molecule has 1 aromatic carbocycles. The second-order valence-electron chi connectivity index (χ2n) is 9.22. The Morgan fingerprint density at radius 1 is 1.21 bits per heavy atom. The van der Waals surface area contributed by atoms with Gasteiger partial charge in [0.1, 0.15) is 12.3 Å². The first-order chi connectivity index (χ1) is 12.7. The molecule has 0 fully saturated rings. The van der Waals surface area contributed by atoms with E-state index in [1.165, 1.54) is 4.90 Å². The molecule has 1 unspecified atom stereocenters. The van der Waals surface area contributed by atoms with E-state index in [1.807, 2.05) is 18.2 Å². The highest BCUT2D eigenvalue weighted by Crippen LogP contribution is 2.40. The number of nitrogens with zero attached hydrogens (tertiary/aromatic N) is 1. The summed E-state index contributed by atoms with van der Waals surface area (Å²) in [4.78, 5) is 13.8. The van der Waals surface area contributed by atoms with Crippen molar-refractivity contribution in [1.29, 1.82) is 0 Å². The normalized spacial score (nSPS) is 13.5. The van der Waals surface area contributed by atoms with Crippen LogP contribution in [-0.4, -0.2) is 38.9 Å². The van der Waals surface area contributed by atoms with Crippen LogP contribution in [-0.2, 0) is 15.7 Å². The fourth-order valence-corrected chi connectivity index (χ4v) is 3.89. The summed E-state index contributed by atoms with van der Waals surface area (Å²) in [6.45, 7) is 15.5. The van der Waals surface area contributed by atoms with E-state index in [0.29, 0.717) is 5.02 Å². The second kappa shape index (κ2) is 10.1. The maximum Gasteiger partial charge on any atom is 0.410 e. The largest absolute Gasteiger partial charge is 0.444 e. The van der Waals surface area contributed by atoms with Crippen LogP contribution in [0.1, 0.15) is 58.8 Å². The van der Waals surface area contributed by atoms with Gasteiger partial charge in [0.2, 0.25) is 9.04 Å². The summed E-state index contributed by atoms with van der Waals surface area (Å²) in [5, 5.41) is 0.626. The van der Waals surface area contributed by atoms with Gasteiger partial charge in [-0.1, -0.05) is 38.4 Å². The van der Waals surface area contributed by atoms with Crippen LogP contribution in [0.25, 0.3) is 0 Å². The summed E-state index contributed by atoms with van der Waals surface area (Å²) in [5.41, 5.74) is 0.969. The Kier molecular flexibility index (Phi) is 8.97. The van der Waals surface area contributed by atoms with Crippen molar-refractivity contribution in [2.75, 3.05) is 13.2 Å². The molecule has 0 aliphatic rings. The summed E-state index contributed by atoms with van der Waals surface area (Å²) in [7, 11) is -0.949. The van der Waals surface area contributed by atoms with E-state index in [9.17, 15) is 9.18 Å². The van der Waals surface area contributed by atoms with Gasteiger partial charge in [-0.15, -0.1) is 0 Å². The molecule has 0 saturated carbocycles. The van der Waals surface area contributed by atoms with Crippen LogP contribution < -0.4 is 0 Å². The SMILES string of the molecule is C[Si](C)OC(c1cc(CN(CCF)C(=O)OC(C)(C)C)ccc1Cl)C(C)(C)C. The van der Waals surface area contributed by atoms with Crippen LogP contribution in [0.4, 0.5) is 9.18 Å². The van der Waals surface area contributed by atoms with E-state index in [1.54, 1.807) is 20.8 Å². The van der Waals surface area contributed by atoms with E-state index >= 15 is 0 Å². The number of ether oxygens (including phenoxy) is 1. The van der Waals surface area contributed by atoms with Gasteiger partial charge >= 0.3 is 6.09 Å². The van der Waals surface area contributed by atoms with Crippen molar-refractivity contribution in [2.24, 2.45) is 5.41 Å². The summed E-state index contributed by atoms with van der Waals surface area (Å²) in [6.07, 6.45) is -0.696. The van der Waals surface area contributed by atoms with Crippen molar-refractivity contribution in [1.82, 2.24) is 4.90 Å². The van der Waals surface area contributed by atoms with E-state index in [4.69, 9.17) is 20.8 Å². The second-order valence-corrected chi connectivity index (χ2v) is 11.7. The minimum atomic E-state index is -0.949. The lowest BCUT2D eigenvalue weighted by molar-refractivity contribution is 0.0222. The molecule has 159 valence electrons. The van der Waals surface area contributed by atoms with E-state index in [0.717, 1.165) is 11.1 Å². The van der Waals surface area contributed by atoms with Gasteiger partial charge in [-0.05, 0) is 62.5 Å². The van der Waals surface area contributed by atoms with Gasteiger partial charge in [-0.2, -0.15) is 0 Å². The van der Waals surface area contributed by atoms with Gasteiger partial charge in [-0.3, -0.25) is 0 Å². The van der Waals surface area contributed by atoms with Crippen LogP contribution in [0.15, 0.2) is 18.2 Å². The van der Waals surface area contributed by atoms with Crippen molar-refractivity contribution < 1.29 is 18.3 Å². The van der Waals surface area contributed by atoms with Gasteiger partial charge in [0, 0.05) is 11.6 Å². The standard InChI is InChI=1S/C21H34ClFNO3Si/c1-20(2,3)18(27-28(7)8)16-13-15(9-10-17(16)22)14-24(12-11-23)19(25)26-21(4,5)6/h9-10,13,18H,11-12,14H2,1-8H3. The molecule has 0 saturated heterocycles. The predicted molar refractivity (Wildman–Crippen MR) is 115 cm³/mol. The molecule has 0 spiro atoms. The Balaban J connectivity index is 3.17. The Morgan fingerprint density at radius 3 is 2.29 bits per heavy atom. The van der Waals surface area contributed by atoms with Gasteiger partial charge < -0.3 is 14.1 Å². The average Bonchev–Trinajstić information content (AvgIpc) is 2.51. The number of hydrogen-bond donors (Lipinski definition) is 0. The minimum Gasteiger partial charge on any atom is -0.444 e. The van der Waals surface area contributed by atoms with Crippen LogP contribution in [0.2, 0.25) is 18.1 Å². The van der Waals surface area contributed by atoms with E-state index < -0.39 is 27.4 Å². The number of alkyl halides is 1. The molecule has 0 aromatic heterocycles. The molecular formula is C21H34ClFNO3Si. The zero-order valence-electron chi connectivity index (χ0n) is 18.4. The Bertz CT molecular complexity index is 656. The molecule has 1 radical (unpaired) electrons. The van der Waals surface area contributed by atoms with Gasteiger partial charge in [0.05, 0.1) is 12.6 Å². The topological polar surface area (TPSA) is 38.8 Å². The molecular weight excluding hydrogens is 397 g/mol. The number of halogens is 2. The molecule has 1 aromatic rings. The minimum absolute atomic E-state index is 0.0247. The lowest BCUT2D eigenvalue weighted by Crippen LogP contribution is -2.37. The Morgan fingerprint density at radius 2 is 1.82 bits per heavy atom. The fourth-order valence-electron chi connectivity index (χ4n) is 2.72. The first-order valence-corrected chi connectivity index (χ1v) is 12.3. The molecule has 28 heavy (non-hydrogen) atoms. The fraction of sp³-hybridized carbons (Fsp3) is 0.667. The van der Waals surface area contributed by atoms with Crippen LogP contribution in [0, 0.1) is 5.41 Å². The van der Waals surface area contributed by atoms with E-state index in [-0.39, 0.29) is 24.6 Å². The van der Waals surface area contributed by atoms with Crippen molar-refractivity contribution in [3.63, 3.8) is 0 Å². The number of carbonyl (C=O) groups is 1. The Labute approximate surface area is 176 Å². The van der Waals surface area contributed by atoms with Gasteiger partial charge in [-0.25, -0.2) is 9.18 Å². The third-order valence-electron chi connectivity index (χ3n) is 3.86. The summed E-state index contributed by atoms with van der Waals surface area (Å²) in [6, 6.07) is 5.62. The molecule has 1 atom stereocenters. The summed E-state index contributed by atoms with van der Waals surface area (Å²) in [5.74, 6) is 0. The zero-order chi connectivity index (χ0) is 21.7. The number of benzene rings is 1. The lowest BCUT2D eigenvalue weighted by Gasteiger charge is -2.34. The van der Waals surface area contributed by atoms with E-state index in [2.05, 4.69) is 33.9 Å². The molecule has 1 rings (SSSR count). The Hall–Kier alpha value is -1.11. The molecule has 0 N–H and O–H groups in total. The smallest absolute Gasteiger partial charge is 0.410 e. The molecule has 0 aliphatic carbocycles. The van der Waals surface area contributed by atoms with Gasteiger partial charge in [0.15, 0.2) is 0 Å². The maximum atomic E-state index is 13.0. The molecule has 0 heterocycles. The van der Waals surface area contributed by atoms with Crippen LogP contribution in [0.3, 0.4) is 0 Å².